The second kappa shape index (κ2) is 9.90. The van der Waals surface area contributed by atoms with Crippen LogP contribution in [0.1, 0.15) is 27.0 Å². The highest BCUT2D eigenvalue weighted by molar-refractivity contribution is 6.10. The van der Waals surface area contributed by atoms with E-state index in [4.69, 9.17) is 9.84 Å². The summed E-state index contributed by atoms with van der Waals surface area (Å²) in [6, 6.07) is 22.8. The topological polar surface area (TPSA) is 99.4 Å². The Morgan fingerprint density at radius 3 is 2.52 bits per heavy atom. The van der Waals surface area contributed by atoms with Gasteiger partial charge in [0, 0.05) is 5.69 Å². The molecule has 6 heteroatoms. The zero-order valence-electron chi connectivity index (χ0n) is 16.8. The number of carboxylic acid groups (broad SMARTS) is 1. The molecular formula is C25H20N2O4. The van der Waals surface area contributed by atoms with E-state index in [9.17, 15) is 14.9 Å². The number of aromatic carboxylic acids is 1. The summed E-state index contributed by atoms with van der Waals surface area (Å²) in [6.07, 6.45) is 1.45. The van der Waals surface area contributed by atoms with Gasteiger partial charge < -0.3 is 15.2 Å². The lowest BCUT2D eigenvalue weighted by atomic mass is 10.1. The number of ether oxygens (including phenoxy) is 1. The maximum atomic E-state index is 12.5. The molecule has 0 spiro atoms. The fourth-order valence-corrected chi connectivity index (χ4v) is 2.79. The third-order valence-corrected chi connectivity index (χ3v) is 4.43. The molecule has 154 valence electrons. The lowest BCUT2D eigenvalue weighted by molar-refractivity contribution is -0.112. The van der Waals surface area contributed by atoms with Crippen LogP contribution in [-0.4, -0.2) is 17.0 Å². The van der Waals surface area contributed by atoms with Gasteiger partial charge in [-0.25, -0.2) is 4.79 Å². The summed E-state index contributed by atoms with van der Waals surface area (Å²) < 4.78 is 5.81. The Morgan fingerprint density at radius 1 is 1.06 bits per heavy atom. The molecule has 0 saturated carbocycles. The van der Waals surface area contributed by atoms with Crippen LogP contribution in [0.25, 0.3) is 6.08 Å². The molecule has 0 aromatic heterocycles. The molecule has 0 bridgehead atoms. The van der Waals surface area contributed by atoms with Gasteiger partial charge in [0.15, 0.2) is 0 Å². The minimum Gasteiger partial charge on any atom is -0.489 e. The van der Waals surface area contributed by atoms with E-state index in [1.54, 1.807) is 30.3 Å². The highest BCUT2D eigenvalue weighted by atomic mass is 16.5. The molecule has 0 saturated heterocycles. The zero-order chi connectivity index (χ0) is 22.2. The molecule has 0 aliphatic heterocycles. The smallest absolute Gasteiger partial charge is 0.335 e. The van der Waals surface area contributed by atoms with Crippen molar-refractivity contribution in [2.75, 3.05) is 5.32 Å². The summed E-state index contributed by atoms with van der Waals surface area (Å²) in [5, 5.41) is 21.0. The number of benzene rings is 3. The van der Waals surface area contributed by atoms with E-state index in [1.165, 1.54) is 29.8 Å². The molecule has 6 nitrogen and oxygen atoms in total. The quantitative estimate of drug-likeness (QED) is 0.428. The van der Waals surface area contributed by atoms with E-state index in [1.807, 2.05) is 37.3 Å². The summed E-state index contributed by atoms with van der Waals surface area (Å²) in [5.74, 6) is -1.12. The van der Waals surface area contributed by atoms with E-state index in [0.29, 0.717) is 23.6 Å². The van der Waals surface area contributed by atoms with Gasteiger partial charge in [-0.1, -0.05) is 48.0 Å². The van der Waals surface area contributed by atoms with Crippen LogP contribution >= 0.6 is 0 Å². The molecule has 2 N–H and O–H groups in total. The minimum atomic E-state index is -1.10. The van der Waals surface area contributed by atoms with Gasteiger partial charge in [-0.3, -0.25) is 4.79 Å². The third kappa shape index (κ3) is 6.05. The van der Waals surface area contributed by atoms with E-state index in [-0.39, 0.29) is 11.1 Å². The first-order chi connectivity index (χ1) is 14.9. The van der Waals surface area contributed by atoms with Crippen LogP contribution in [-0.2, 0) is 11.4 Å². The number of carbonyl (C=O) groups is 2. The molecule has 0 radical (unpaired) electrons. The van der Waals surface area contributed by atoms with Crippen LogP contribution in [0.4, 0.5) is 5.69 Å². The molecule has 0 heterocycles. The molecule has 0 atom stereocenters. The molecule has 31 heavy (non-hydrogen) atoms. The van der Waals surface area contributed by atoms with Crippen molar-refractivity contribution >= 4 is 23.6 Å². The van der Waals surface area contributed by atoms with Crippen LogP contribution in [0.5, 0.6) is 5.75 Å². The lowest BCUT2D eigenvalue weighted by Gasteiger charge is -2.08. The number of carboxylic acids is 1. The fourth-order valence-electron chi connectivity index (χ4n) is 2.79. The summed E-state index contributed by atoms with van der Waals surface area (Å²) in [6.45, 7) is 2.42. The summed E-state index contributed by atoms with van der Waals surface area (Å²) in [5.41, 5.74) is 3.06. The number of rotatable bonds is 7. The van der Waals surface area contributed by atoms with Gasteiger partial charge in [-0.2, -0.15) is 5.26 Å². The monoisotopic (exact) mass is 412 g/mol. The molecule has 1 amide bonds. The van der Waals surface area contributed by atoms with Crippen LogP contribution in [0.2, 0.25) is 0 Å². The van der Waals surface area contributed by atoms with Gasteiger partial charge in [0.2, 0.25) is 0 Å². The van der Waals surface area contributed by atoms with E-state index in [0.717, 1.165) is 5.56 Å². The Morgan fingerprint density at radius 2 is 1.81 bits per heavy atom. The van der Waals surface area contributed by atoms with E-state index in [2.05, 4.69) is 5.32 Å². The van der Waals surface area contributed by atoms with Crippen molar-refractivity contribution in [2.24, 2.45) is 0 Å². The molecule has 0 aliphatic carbocycles. The summed E-state index contributed by atoms with van der Waals surface area (Å²) >= 11 is 0. The second-order valence-corrected chi connectivity index (χ2v) is 6.86. The number of nitriles is 1. The first-order valence-electron chi connectivity index (χ1n) is 9.49. The number of hydrogen-bond acceptors (Lipinski definition) is 4. The largest absolute Gasteiger partial charge is 0.489 e. The Bertz CT molecular complexity index is 1170. The maximum absolute atomic E-state index is 12.5. The van der Waals surface area contributed by atoms with Crippen LogP contribution in [0.3, 0.4) is 0 Å². The Balaban J connectivity index is 1.71. The number of anilines is 1. The molecule has 3 aromatic carbocycles. The minimum absolute atomic E-state index is 0.0405. The normalized spacial score (nSPS) is 10.8. The molecule has 0 unspecified atom stereocenters. The zero-order valence-corrected chi connectivity index (χ0v) is 16.8. The van der Waals surface area contributed by atoms with Gasteiger partial charge in [-0.15, -0.1) is 0 Å². The van der Waals surface area contributed by atoms with Gasteiger partial charge in [0.1, 0.15) is 24.0 Å². The standard InChI is InChI=1S/C25H20N2O4/c1-17-8-10-18(11-9-17)16-31-23-7-2-4-19(13-23)12-21(15-26)24(28)27-22-6-3-5-20(14-22)25(29)30/h2-14H,16H2,1H3,(H,27,28)(H,29,30)/b21-12+. The first-order valence-corrected chi connectivity index (χ1v) is 9.49. The molecule has 3 aromatic rings. The Hall–Kier alpha value is -4.37. The molecule has 3 rings (SSSR count). The molecule has 0 aliphatic rings. The molecular weight excluding hydrogens is 392 g/mol. The van der Waals surface area contributed by atoms with Gasteiger partial charge in [0.05, 0.1) is 5.56 Å². The lowest BCUT2D eigenvalue weighted by Crippen LogP contribution is -2.13. The van der Waals surface area contributed by atoms with Crippen LogP contribution < -0.4 is 10.1 Å². The van der Waals surface area contributed by atoms with Crippen LogP contribution in [0.15, 0.2) is 78.4 Å². The highest BCUT2D eigenvalue weighted by Crippen LogP contribution is 2.19. The van der Waals surface area contributed by atoms with E-state index < -0.39 is 11.9 Å². The maximum Gasteiger partial charge on any atom is 0.335 e. The van der Waals surface area contributed by atoms with Gasteiger partial charge >= 0.3 is 5.97 Å². The van der Waals surface area contributed by atoms with Crippen LogP contribution in [0, 0.1) is 18.3 Å². The summed E-state index contributed by atoms with van der Waals surface area (Å²) in [4.78, 5) is 23.5. The SMILES string of the molecule is Cc1ccc(COc2cccc(/C=C(\C#N)C(=O)Nc3cccc(C(=O)O)c3)c2)cc1. The van der Waals surface area contributed by atoms with Crippen molar-refractivity contribution in [3.05, 3.63) is 101 Å². The van der Waals surface area contributed by atoms with Crippen molar-refractivity contribution in [1.29, 1.82) is 5.26 Å². The Labute approximate surface area is 180 Å². The number of aryl methyl sites for hydroxylation is 1. The van der Waals surface area contributed by atoms with Crippen molar-refractivity contribution < 1.29 is 19.4 Å². The van der Waals surface area contributed by atoms with Gasteiger partial charge in [-0.05, 0) is 54.5 Å². The Kier molecular flexibility index (Phi) is 6.82. The predicted octanol–water partition coefficient (Wildman–Crippen LogP) is 4.82. The number of carbonyl (C=O) groups excluding carboxylic acids is 1. The number of hydrogen-bond donors (Lipinski definition) is 2. The fraction of sp³-hybridized carbons (Fsp3) is 0.0800. The van der Waals surface area contributed by atoms with Crippen molar-refractivity contribution in [1.82, 2.24) is 0 Å². The van der Waals surface area contributed by atoms with Crippen molar-refractivity contribution in [3.63, 3.8) is 0 Å². The number of nitrogens with zero attached hydrogens (tertiary/aromatic N) is 1. The predicted molar refractivity (Wildman–Crippen MR) is 118 cm³/mol. The number of nitrogens with one attached hydrogen (secondary N) is 1. The third-order valence-electron chi connectivity index (χ3n) is 4.43. The first kappa shape index (κ1) is 21.3. The van der Waals surface area contributed by atoms with Crippen molar-refractivity contribution in [3.8, 4) is 11.8 Å². The molecule has 0 fully saturated rings. The van der Waals surface area contributed by atoms with Gasteiger partial charge in [0.25, 0.3) is 5.91 Å². The highest BCUT2D eigenvalue weighted by Gasteiger charge is 2.11. The average Bonchev–Trinajstić information content (AvgIpc) is 2.77. The second-order valence-electron chi connectivity index (χ2n) is 6.86. The summed E-state index contributed by atoms with van der Waals surface area (Å²) in [7, 11) is 0. The average molecular weight is 412 g/mol. The van der Waals surface area contributed by atoms with Crippen molar-refractivity contribution in [2.45, 2.75) is 13.5 Å². The number of amides is 1. The van der Waals surface area contributed by atoms with E-state index >= 15 is 0 Å².